The van der Waals surface area contributed by atoms with Gasteiger partial charge in [-0.1, -0.05) is 11.6 Å². The fourth-order valence-corrected chi connectivity index (χ4v) is 1.02. The zero-order chi connectivity index (χ0) is 8.27. The van der Waals surface area contributed by atoms with E-state index in [1.165, 1.54) is 5.54 Å². The van der Waals surface area contributed by atoms with Crippen molar-refractivity contribution < 1.29 is 9.94 Å². The summed E-state index contributed by atoms with van der Waals surface area (Å²) in [6.45, 7) is 3.55. The van der Waals surface area contributed by atoms with Crippen molar-refractivity contribution in [2.45, 2.75) is 13.0 Å². The normalized spacial score (nSPS) is 27.9. The molecule has 1 N–H and O–H groups in total. The Balaban J connectivity index is 2.28. The fourth-order valence-electron chi connectivity index (χ4n) is 0.955. The highest BCUT2D eigenvalue weighted by Gasteiger charge is 2.20. The van der Waals surface area contributed by atoms with Gasteiger partial charge < -0.3 is 5.11 Å². The summed E-state index contributed by atoms with van der Waals surface area (Å²) in [5, 5.41) is 10.8. The van der Waals surface area contributed by atoms with Gasteiger partial charge in [-0.05, 0) is 12.5 Å². The Morgan fingerprint density at radius 1 is 1.91 bits per heavy atom. The number of halogens is 1. The van der Waals surface area contributed by atoms with Gasteiger partial charge >= 0.3 is 0 Å². The Hall–Kier alpha value is -0.0900. The monoisotopic (exact) mass is 177 g/mol. The van der Waals surface area contributed by atoms with Gasteiger partial charge in [-0.15, -0.1) is 0 Å². The van der Waals surface area contributed by atoms with Gasteiger partial charge in [-0.2, -0.15) is 5.06 Å². The van der Waals surface area contributed by atoms with Gasteiger partial charge in [-0.25, -0.2) is 0 Å². The molecule has 0 amide bonds. The highest BCUT2D eigenvalue weighted by Crippen LogP contribution is 2.08. The van der Waals surface area contributed by atoms with Crippen LogP contribution in [0.5, 0.6) is 0 Å². The first-order valence-corrected chi connectivity index (χ1v) is 3.98. The van der Waals surface area contributed by atoms with Crippen molar-refractivity contribution >= 4 is 11.6 Å². The van der Waals surface area contributed by atoms with E-state index in [9.17, 15) is 0 Å². The van der Waals surface area contributed by atoms with Crippen LogP contribution in [0.1, 0.15) is 6.92 Å². The first-order chi connectivity index (χ1) is 5.22. The standard InChI is InChI=1S/C7H12ClNO2/c1-6(2-8)3-9-4-7(10)5-11-9/h2,7,10H,3-5H2,1H3/b6-2+/t7-/m1/s1. The minimum absolute atomic E-state index is 0.349. The van der Waals surface area contributed by atoms with Gasteiger partial charge in [0, 0.05) is 12.1 Å². The van der Waals surface area contributed by atoms with Crippen LogP contribution in [0.2, 0.25) is 0 Å². The van der Waals surface area contributed by atoms with Crippen molar-refractivity contribution in [2.75, 3.05) is 19.7 Å². The SMILES string of the molecule is C/C(=C\Cl)CN1C[C@@H](O)CO1. The number of β-amino-alcohol motifs (C(OH)–C–C–N with tert-alkyl or cyclic N) is 1. The lowest BCUT2D eigenvalue weighted by molar-refractivity contribution is -0.103. The summed E-state index contributed by atoms with van der Waals surface area (Å²) in [4.78, 5) is 5.12. The largest absolute Gasteiger partial charge is 0.389 e. The van der Waals surface area contributed by atoms with Crippen LogP contribution < -0.4 is 0 Å². The van der Waals surface area contributed by atoms with Crippen molar-refractivity contribution in [3.63, 3.8) is 0 Å². The molecule has 1 fully saturated rings. The molecule has 0 radical (unpaired) electrons. The van der Waals surface area contributed by atoms with Crippen LogP contribution in [0.15, 0.2) is 11.1 Å². The molecule has 11 heavy (non-hydrogen) atoms. The Labute approximate surface area is 71.2 Å². The Morgan fingerprint density at radius 3 is 3.09 bits per heavy atom. The maximum Gasteiger partial charge on any atom is 0.0958 e. The second-order valence-corrected chi connectivity index (χ2v) is 2.95. The molecule has 0 aromatic rings. The molecule has 0 aliphatic carbocycles. The lowest BCUT2D eigenvalue weighted by atomic mass is 10.3. The summed E-state index contributed by atoms with van der Waals surface area (Å²) in [6.07, 6.45) is -0.349. The Morgan fingerprint density at radius 2 is 2.64 bits per heavy atom. The average Bonchev–Trinajstić information content (AvgIpc) is 2.35. The van der Waals surface area contributed by atoms with Crippen LogP contribution in [-0.2, 0) is 4.84 Å². The molecule has 0 saturated carbocycles. The molecule has 0 aromatic carbocycles. The summed E-state index contributed by atoms with van der Waals surface area (Å²) < 4.78 is 0. The third-order valence-electron chi connectivity index (χ3n) is 1.48. The highest BCUT2D eigenvalue weighted by atomic mass is 35.5. The van der Waals surface area contributed by atoms with Crippen molar-refractivity contribution in [1.82, 2.24) is 5.06 Å². The highest BCUT2D eigenvalue weighted by molar-refractivity contribution is 6.25. The van der Waals surface area contributed by atoms with Crippen LogP contribution in [0.25, 0.3) is 0 Å². The van der Waals surface area contributed by atoms with Crippen LogP contribution in [-0.4, -0.2) is 36.0 Å². The molecule has 1 atom stereocenters. The molecule has 1 saturated heterocycles. The Bertz CT molecular complexity index is 161. The van der Waals surface area contributed by atoms with Gasteiger partial charge in [0.25, 0.3) is 0 Å². The summed E-state index contributed by atoms with van der Waals surface area (Å²) in [6, 6.07) is 0. The van der Waals surface area contributed by atoms with Gasteiger partial charge in [0.05, 0.1) is 19.3 Å². The summed E-state index contributed by atoms with van der Waals surface area (Å²) >= 11 is 5.46. The van der Waals surface area contributed by atoms with E-state index in [-0.39, 0.29) is 6.10 Å². The minimum atomic E-state index is -0.349. The van der Waals surface area contributed by atoms with Crippen LogP contribution in [0.4, 0.5) is 0 Å². The molecule has 0 spiro atoms. The van der Waals surface area contributed by atoms with E-state index < -0.39 is 0 Å². The first kappa shape index (κ1) is 9.00. The predicted molar refractivity (Wildman–Crippen MR) is 43.1 cm³/mol. The molecule has 0 aromatic heterocycles. The lowest BCUT2D eigenvalue weighted by Crippen LogP contribution is -2.22. The number of aliphatic hydroxyl groups is 1. The molecule has 1 rings (SSSR count). The minimum Gasteiger partial charge on any atom is -0.389 e. The van der Waals surface area contributed by atoms with Gasteiger partial charge in [0.1, 0.15) is 0 Å². The number of hydroxylamine groups is 2. The molecule has 3 nitrogen and oxygen atoms in total. The van der Waals surface area contributed by atoms with Crippen molar-refractivity contribution in [3.8, 4) is 0 Å². The topological polar surface area (TPSA) is 32.7 Å². The maximum atomic E-state index is 9.07. The van der Waals surface area contributed by atoms with E-state index in [2.05, 4.69) is 0 Å². The summed E-state index contributed by atoms with van der Waals surface area (Å²) in [7, 11) is 0. The third kappa shape index (κ3) is 2.79. The van der Waals surface area contributed by atoms with Gasteiger partial charge in [0.15, 0.2) is 0 Å². The smallest absolute Gasteiger partial charge is 0.0958 e. The molecule has 64 valence electrons. The predicted octanol–water partition coefficient (Wildman–Crippen LogP) is 0.737. The van der Waals surface area contributed by atoms with Crippen molar-refractivity contribution in [1.29, 1.82) is 0 Å². The molecular formula is C7H12ClNO2. The lowest BCUT2D eigenvalue weighted by Gasteiger charge is -2.12. The second kappa shape index (κ2) is 4.07. The van der Waals surface area contributed by atoms with E-state index in [4.69, 9.17) is 21.5 Å². The van der Waals surface area contributed by atoms with Crippen molar-refractivity contribution in [2.24, 2.45) is 0 Å². The van der Waals surface area contributed by atoms with E-state index in [0.29, 0.717) is 19.7 Å². The molecule has 0 bridgehead atoms. The zero-order valence-corrected chi connectivity index (χ0v) is 7.21. The van der Waals surface area contributed by atoms with E-state index in [1.807, 2.05) is 6.92 Å². The second-order valence-electron chi connectivity index (χ2n) is 2.73. The number of aliphatic hydroxyl groups excluding tert-OH is 1. The number of rotatable bonds is 2. The fraction of sp³-hybridized carbons (Fsp3) is 0.714. The Kier molecular flexibility index (Phi) is 3.33. The van der Waals surface area contributed by atoms with Crippen LogP contribution in [0.3, 0.4) is 0 Å². The molecule has 1 aliphatic heterocycles. The number of nitrogens with zero attached hydrogens (tertiary/aromatic N) is 1. The molecule has 1 aliphatic rings. The first-order valence-electron chi connectivity index (χ1n) is 3.54. The molecule has 0 unspecified atom stereocenters. The molecule has 4 heteroatoms. The summed E-state index contributed by atoms with van der Waals surface area (Å²) in [5.41, 5.74) is 2.55. The van der Waals surface area contributed by atoms with Crippen molar-refractivity contribution in [3.05, 3.63) is 11.1 Å². The van der Waals surface area contributed by atoms with E-state index >= 15 is 0 Å². The van der Waals surface area contributed by atoms with Gasteiger partial charge in [0.2, 0.25) is 0 Å². The number of hydrogen-bond donors (Lipinski definition) is 1. The van der Waals surface area contributed by atoms with Gasteiger partial charge in [-0.3, -0.25) is 4.84 Å². The van der Waals surface area contributed by atoms with E-state index in [0.717, 1.165) is 5.57 Å². The zero-order valence-electron chi connectivity index (χ0n) is 6.46. The molecular weight excluding hydrogens is 166 g/mol. The quantitative estimate of drug-likeness (QED) is 0.676. The van der Waals surface area contributed by atoms with Crippen LogP contribution >= 0.6 is 11.6 Å². The average molecular weight is 178 g/mol. The van der Waals surface area contributed by atoms with Crippen LogP contribution in [0, 0.1) is 0 Å². The van der Waals surface area contributed by atoms with E-state index in [1.54, 1.807) is 5.06 Å². The number of hydrogen-bond acceptors (Lipinski definition) is 3. The third-order valence-corrected chi connectivity index (χ3v) is 1.85. The summed E-state index contributed by atoms with van der Waals surface area (Å²) in [5.74, 6) is 0. The molecule has 1 heterocycles. The maximum absolute atomic E-state index is 9.07.